The molecule has 1 saturated carbocycles. The fourth-order valence-corrected chi connectivity index (χ4v) is 5.20. The van der Waals surface area contributed by atoms with Gasteiger partial charge in [-0.05, 0) is 54.8 Å². The predicted octanol–water partition coefficient (Wildman–Crippen LogP) is 6.36. The number of rotatable bonds is 9. The quantitative estimate of drug-likeness (QED) is 0.146. The summed E-state index contributed by atoms with van der Waals surface area (Å²) in [5.74, 6) is -1.07. The number of nitrogens with one attached hydrogen (secondary N) is 2. The smallest absolute Gasteiger partial charge is 0.383 e. The third-order valence-electron chi connectivity index (χ3n) is 7.46. The molecule has 0 saturated heterocycles. The molecule has 236 valence electrons. The molecule has 0 bridgehead atoms. The number of hydrogen-bond acceptors (Lipinski definition) is 5. The Hall–Kier alpha value is -4.50. The van der Waals surface area contributed by atoms with Crippen LogP contribution in [0.15, 0.2) is 59.7 Å². The van der Waals surface area contributed by atoms with E-state index in [1.807, 2.05) is 0 Å². The van der Waals surface area contributed by atoms with Gasteiger partial charge in [-0.1, -0.05) is 0 Å². The van der Waals surface area contributed by atoms with E-state index in [-0.39, 0.29) is 46.0 Å². The number of ether oxygens (including phenoxy) is 1. The van der Waals surface area contributed by atoms with Crippen molar-refractivity contribution in [3.8, 4) is 22.6 Å². The Morgan fingerprint density at radius 3 is 2.51 bits per heavy atom. The SMILES string of the molecule is COCCNCc1cc2c(C(F)(F)F)cn(-c3cc(-c4ccc(F)cc4-n4nccc4C(F)(F)F)cc(C4CC4)n3)c(=O)c2[nH]1. The molecule has 1 aliphatic rings. The van der Waals surface area contributed by atoms with Crippen molar-refractivity contribution in [2.24, 2.45) is 0 Å². The Morgan fingerprint density at radius 1 is 1.04 bits per heavy atom. The predicted molar refractivity (Wildman–Crippen MR) is 150 cm³/mol. The topological polar surface area (TPSA) is 89.8 Å². The molecule has 1 fully saturated rings. The van der Waals surface area contributed by atoms with Gasteiger partial charge in [0.15, 0.2) is 0 Å². The Bertz CT molecular complexity index is 1940. The minimum atomic E-state index is -4.84. The Balaban J connectivity index is 1.54. The number of nitrogens with zero attached hydrogens (tertiary/aromatic N) is 4. The molecule has 5 aromatic rings. The Kier molecular flexibility index (Phi) is 7.77. The van der Waals surface area contributed by atoms with Crippen molar-refractivity contribution < 1.29 is 35.5 Å². The molecule has 0 radical (unpaired) electrons. The van der Waals surface area contributed by atoms with Crippen LogP contribution in [0.2, 0.25) is 0 Å². The molecule has 2 N–H and O–H groups in total. The zero-order chi connectivity index (χ0) is 32.1. The lowest BCUT2D eigenvalue weighted by atomic mass is 10.0. The number of hydrogen-bond donors (Lipinski definition) is 2. The van der Waals surface area contributed by atoms with Gasteiger partial charge in [-0.15, -0.1) is 0 Å². The summed E-state index contributed by atoms with van der Waals surface area (Å²) in [6.45, 7) is 0.951. The van der Waals surface area contributed by atoms with Crippen LogP contribution in [0.4, 0.5) is 30.7 Å². The number of benzene rings is 1. The number of methoxy groups -OCH3 is 1. The van der Waals surface area contributed by atoms with Gasteiger partial charge in [0.1, 0.15) is 22.8 Å². The summed E-state index contributed by atoms with van der Waals surface area (Å²) in [6.07, 6.45) is -6.61. The normalized spacial score (nSPS) is 14.0. The molecule has 4 aromatic heterocycles. The number of aromatic amines is 1. The van der Waals surface area contributed by atoms with E-state index < -0.39 is 35.0 Å². The van der Waals surface area contributed by atoms with Crippen molar-refractivity contribution in [3.63, 3.8) is 0 Å². The van der Waals surface area contributed by atoms with E-state index in [1.165, 1.54) is 25.3 Å². The monoisotopic (exact) mass is 634 g/mol. The minimum Gasteiger partial charge on any atom is -0.383 e. The highest BCUT2D eigenvalue weighted by molar-refractivity contribution is 5.84. The molecule has 8 nitrogen and oxygen atoms in total. The summed E-state index contributed by atoms with van der Waals surface area (Å²) in [7, 11) is 1.51. The van der Waals surface area contributed by atoms with Crippen molar-refractivity contribution in [2.75, 3.05) is 20.3 Å². The van der Waals surface area contributed by atoms with Gasteiger partial charge in [0.25, 0.3) is 5.56 Å². The molecule has 45 heavy (non-hydrogen) atoms. The van der Waals surface area contributed by atoms with Crippen LogP contribution in [-0.2, 0) is 23.6 Å². The Labute approximate surface area is 250 Å². The molecule has 4 heterocycles. The van der Waals surface area contributed by atoms with Gasteiger partial charge in [-0.3, -0.25) is 9.36 Å². The number of fused-ring (bicyclic) bond motifs is 1. The molecule has 0 atom stereocenters. The standard InChI is InChI=1S/C30H25F7N6O2/c1-45-9-8-38-14-19-13-21-22(29(32,33)34)15-42(28(44)27(21)40-19)26-11-17(10-23(41-26)16-2-3-16)20-5-4-18(31)12-24(20)43-25(6-7-39-43)30(35,36)37/h4-7,10-13,15-16,38,40H,2-3,8-9,14H2,1H3. The van der Waals surface area contributed by atoms with Crippen LogP contribution in [0, 0.1) is 5.82 Å². The molecule has 0 aliphatic heterocycles. The van der Waals surface area contributed by atoms with Crippen molar-refractivity contribution >= 4 is 10.9 Å². The highest BCUT2D eigenvalue weighted by Crippen LogP contribution is 2.42. The summed E-state index contributed by atoms with van der Waals surface area (Å²) in [5, 5.41) is 6.47. The lowest BCUT2D eigenvalue weighted by Crippen LogP contribution is -2.23. The molecular weight excluding hydrogens is 609 g/mol. The minimum absolute atomic E-state index is 0.0696. The molecular formula is C30H25F7N6O2. The lowest BCUT2D eigenvalue weighted by Gasteiger charge is -2.17. The first-order valence-corrected chi connectivity index (χ1v) is 13.8. The fourth-order valence-electron chi connectivity index (χ4n) is 5.20. The summed E-state index contributed by atoms with van der Waals surface area (Å²) in [5.41, 5.74) is -2.48. The molecule has 6 rings (SSSR count). The molecule has 15 heteroatoms. The summed E-state index contributed by atoms with van der Waals surface area (Å²) in [6, 6.07) is 8.07. The van der Waals surface area contributed by atoms with E-state index in [0.29, 0.717) is 35.4 Å². The van der Waals surface area contributed by atoms with E-state index in [0.717, 1.165) is 41.8 Å². The lowest BCUT2D eigenvalue weighted by molar-refractivity contribution is -0.142. The van der Waals surface area contributed by atoms with Gasteiger partial charge in [0.05, 0.1) is 24.1 Å². The van der Waals surface area contributed by atoms with Gasteiger partial charge in [-0.2, -0.15) is 31.4 Å². The summed E-state index contributed by atoms with van der Waals surface area (Å²) >= 11 is 0. The maximum Gasteiger partial charge on any atom is 0.433 e. The Morgan fingerprint density at radius 2 is 1.82 bits per heavy atom. The molecule has 0 unspecified atom stereocenters. The highest BCUT2D eigenvalue weighted by Gasteiger charge is 2.37. The number of H-pyrrole nitrogens is 1. The summed E-state index contributed by atoms with van der Waals surface area (Å²) < 4.78 is 105. The van der Waals surface area contributed by atoms with E-state index in [2.05, 4.69) is 20.4 Å². The number of alkyl halides is 6. The molecule has 1 aliphatic carbocycles. The van der Waals surface area contributed by atoms with Crippen LogP contribution < -0.4 is 10.9 Å². The number of pyridine rings is 2. The van der Waals surface area contributed by atoms with Crippen LogP contribution in [-0.4, -0.2) is 44.6 Å². The van der Waals surface area contributed by atoms with E-state index >= 15 is 0 Å². The largest absolute Gasteiger partial charge is 0.433 e. The van der Waals surface area contributed by atoms with Gasteiger partial charge >= 0.3 is 12.4 Å². The second-order valence-corrected chi connectivity index (χ2v) is 10.7. The van der Waals surface area contributed by atoms with Crippen molar-refractivity contribution in [1.29, 1.82) is 0 Å². The van der Waals surface area contributed by atoms with Gasteiger partial charge in [0, 0.05) is 60.7 Å². The summed E-state index contributed by atoms with van der Waals surface area (Å²) in [4.78, 5) is 21.0. The van der Waals surface area contributed by atoms with E-state index in [4.69, 9.17) is 4.74 Å². The van der Waals surface area contributed by atoms with Gasteiger partial charge in [-0.25, -0.2) is 14.1 Å². The second kappa shape index (κ2) is 11.5. The molecule has 1 aromatic carbocycles. The third-order valence-corrected chi connectivity index (χ3v) is 7.46. The van der Waals surface area contributed by atoms with Crippen molar-refractivity contribution in [2.45, 2.75) is 37.7 Å². The van der Waals surface area contributed by atoms with Crippen LogP contribution in [0.5, 0.6) is 0 Å². The van der Waals surface area contributed by atoms with Crippen LogP contribution in [0.1, 0.15) is 41.4 Å². The number of halogens is 7. The molecule has 0 spiro atoms. The average Bonchev–Trinajstić information content (AvgIpc) is 3.54. The maximum atomic E-state index is 14.4. The van der Waals surface area contributed by atoms with Gasteiger partial charge in [0.2, 0.25) is 0 Å². The van der Waals surface area contributed by atoms with Crippen LogP contribution >= 0.6 is 0 Å². The highest BCUT2D eigenvalue weighted by atomic mass is 19.4. The van der Waals surface area contributed by atoms with Crippen molar-refractivity contribution in [1.82, 2.24) is 29.6 Å². The first kappa shape index (κ1) is 30.5. The van der Waals surface area contributed by atoms with E-state index in [1.54, 1.807) is 6.07 Å². The molecule has 0 amide bonds. The zero-order valence-electron chi connectivity index (χ0n) is 23.6. The van der Waals surface area contributed by atoms with Crippen LogP contribution in [0.25, 0.3) is 33.5 Å². The first-order valence-electron chi connectivity index (χ1n) is 13.8. The average molecular weight is 635 g/mol. The van der Waals surface area contributed by atoms with Crippen molar-refractivity contribution in [3.05, 3.63) is 93.7 Å². The number of aromatic nitrogens is 5. The maximum absolute atomic E-state index is 14.4. The fraction of sp³-hybridized carbons (Fsp3) is 0.300. The second-order valence-electron chi connectivity index (χ2n) is 10.7. The van der Waals surface area contributed by atoms with Gasteiger partial charge < -0.3 is 15.0 Å². The first-order chi connectivity index (χ1) is 21.3. The third kappa shape index (κ3) is 6.09. The zero-order valence-corrected chi connectivity index (χ0v) is 23.6. The van der Waals surface area contributed by atoms with E-state index in [9.17, 15) is 35.5 Å². The van der Waals surface area contributed by atoms with Crippen LogP contribution in [0.3, 0.4) is 0 Å².